The van der Waals surface area contributed by atoms with Crippen LogP contribution in [-0.2, 0) is 19.3 Å². The first kappa shape index (κ1) is 40.1. The lowest BCUT2D eigenvalue weighted by molar-refractivity contribution is 0.291. The molecule has 0 aliphatic carbocycles. The maximum Gasteiger partial charge on any atom is 0.188 e. The van der Waals surface area contributed by atoms with Gasteiger partial charge in [0.05, 0.1) is 19.8 Å². The molecule has 0 saturated carbocycles. The Balaban J connectivity index is 2.51. The van der Waals surface area contributed by atoms with E-state index in [-0.39, 0.29) is 10.1 Å². The molecule has 2 rings (SSSR count). The van der Waals surface area contributed by atoms with E-state index in [9.17, 15) is 9.59 Å². The van der Waals surface area contributed by atoms with Crippen molar-refractivity contribution in [2.24, 2.45) is 0 Å². The van der Waals surface area contributed by atoms with Crippen LogP contribution in [0.5, 0.6) is 17.2 Å². The minimum atomic E-state index is -2.45. The summed E-state index contributed by atoms with van der Waals surface area (Å²) in [6.07, 6.45) is 12.9. The Bertz CT molecular complexity index is 1240. The number of allylic oxidation sites excluding steroid dienone is 1. The average Bonchev–Trinajstić information content (AvgIpc) is 2.94. The molecule has 0 fully saturated rings. The third-order valence-electron chi connectivity index (χ3n) is 9.85. The molecule has 2 N–H and O–H groups in total. The second-order valence-electron chi connectivity index (χ2n) is 15.4. The van der Waals surface area contributed by atoms with Crippen LogP contribution in [0, 0.1) is 0 Å². The van der Waals surface area contributed by atoms with Gasteiger partial charge >= 0.3 is 0 Å². The molecule has 0 radical (unpaired) electrons. The third-order valence-corrected chi connectivity index (χ3v) is 16.8. The maximum absolute atomic E-state index is 11.2. The number of ether oxygens (including phenoxy) is 3. The lowest BCUT2D eigenvalue weighted by Crippen LogP contribution is -2.40. The van der Waals surface area contributed by atoms with Crippen molar-refractivity contribution < 1.29 is 23.8 Å². The fraction of sp³-hybridized carbons (Fsp3) is 0.641. The molecule has 46 heavy (non-hydrogen) atoms. The van der Waals surface area contributed by atoms with E-state index in [1.165, 1.54) is 5.56 Å². The smallest absolute Gasteiger partial charge is 0.188 e. The van der Waals surface area contributed by atoms with Gasteiger partial charge in [-0.3, -0.25) is 0 Å². The van der Waals surface area contributed by atoms with Crippen molar-refractivity contribution in [2.75, 3.05) is 19.8 Å². The zero-order chi connectivity index (χ0) is 34.6. The topological polar surface area (TPSA) is 68.2 Å². The largest absolute Gasteiger partial charge is 0.493 e. The van der Waals surface area contributed by atoms with Gasteiger partial charge in [0.1, 0.15) is 17.2 Å². The van der Waals surface area contributed by atoms with Gasteiger partial charge in [-0.2, -0.15) is 0 Å². The van der Waals surface area contributed by atoms with Gasteiger partial charge < -0.3 is 23.8 Å². The summed E-state index contributed by atoms with van der Waals surface area (Å²) >= 11 is 0. The monoisotopic (exact) mass is 670 g/mol. The molecule has 2 aromatic rings. The van der Waals surface area contributed by atoms with Crippen molar-refractivity contribution in [3.8, 4) is 17.2 Å². The van der Waals surface area contributed by atoms with Crippen LogP contribution in [0.2, 0.25) is 36.3 Å². The molecule has 0 aromatic heterocycles. The number of benzene rings is 2. The zero-order valence-corrected chi connectivity index (χ0v) is 33.1. The van der Waals surface area contributed by atoms with Crippen LogP contribution in [0.25, 0.3) is 6.08 Å². The number of rotatable bonds is 21. The predicted octanol–water partition coefficient (Wildman–Crippen LogP) is 10.5. The van der Waals surface area contributed by atoms with Crippen LogP contribution in [0.15, 0.2) is 36.4 Å². The molecule has 0 saturated heterocycles. The summed E-state index contributed by atoms with van der Waals surface area (Å²) in [7, 11) is -4.82. The average molecular weight is 671 g/mol. The van der Waals surface area contributed by atoms with Crippen molar-refractivity contribution in [1.82, 2.24) is 0 Å². The molecule has 2 aromatic carbocycles. The summed E-state index contributed by atoms with van der Waals surface area (Å²) in [4.78, 5) is 22.1. The summed E-state index contributed by atoms with van der Waals surface area (Å²) in [5.74, 6) is 2.64. The Hall–Kier alpha value is -2.07. The zero-order valence-electron chi connectivity index (χ0n) is 31.1. The van der Waals surface area contributed by atoms with E-state index in [0.29, 0.717) is 26.2 Å². The third kappa shape index (κ3) is 12.2. The highest BCUT2D eigenvalue weighted by Gasteiger charge is 2.39. The summed E-state index contributed by atoms with van der Waals surface area (Å²) in [5, 5.41) is -0.404. The van der Waals surface area contributed by atoms with Crippen molar-refractivity contribution in [1.29, 1.82) is 0 Å². The quantitative estimate of drug-likeness (QED) is 0.102. The molecule has 0 atom stereocenters. The molecule has 0 aliphatic heterocycles. The minimum absolute atomic E-state index is 0.177. The van der Waals surface area contributed by atoms with E-state index >= 15 is 0 Å². The molecule has 0 aliphatic rings. The van der Waals surface area contributed by atoms with Gasteiger partial charge in [-0.05, 0) is 104 Å². The lowest BCUT2D eigenvalue weighted by Gasteiger charge is -2.36. The van der Waals surface area contributed by atoms with Gasteiger partial charge in [0.2, 0.25) is 0 Å². The van der Waals surface area contributed by atoms with E-state index < -0.39 is 16.6 Å². The van der Waals surface area contributed by atoms with Crippen LogP contribution in [0.4, 0.5) is 0 Å². The molecule has 7 heteroatoms. The molecule has 260 valence electrons. The minimum Gasteiger partial charge on any atom is -0.493 e. The Labute approximate surface area is 284 Å². The molecule has 0 amide bonds. The lowest BCUT2D eigenvalue weighted by atomic mass is 9.93. The maximum atomic E-state index is 11.2. The van der Waals surface area contributed by atoms with Crippen molar-refractivity contribution in [2.45, 2.75) is 143 Å². The first-order chi connectivity index (χ1) is 21.5. The van der Waals surface area contributed by atoms with Gasteiger partial charge in [-0.15, -0.1) is 0 Å². The van der Waals surface area contributed by atoms with Crippen molar-refractivity contribution >= 4 is 22.7 Å². The van der Waals surface area contributed by atoms with Crippen LogP contribution in [0.1, 0.15) is 109 Å². The summed E-state index contributed by atoms with van der Waals surface area (Å²) in [5.41, 5.74) is 4.59. The normalized spacial score (nSPS) is 13.0. The molecule has 0 bridgehead atoms. The first-order valence-electron chi connectivity index (χ1n) is 17.7. The summed E-state index contributed by atoms with van der Waals surface area (Å²) < 4.78 is 19.0. The number of hydrogen-bond acceptors (Lipinski definition) is 5. The predicted molar refractivity (Wildman–Crippen MR) is 202 cm³/mol. The van der Waals surface area contributed by atoms with Gasteiger partial charge in [0.25, 0.3) is 0 Å². The second-order valence-corrected chi connectivity index (χ2v) is 24.3. The van der Waals surface area contributed by atoms with Crippen molar-refractivity contribution in [3.05, 3.63) is 58.7 Å². The highest BCUT2D eigenvalue weighted by Crippen LogP contribution is 2.43. The molecule has 0 heterocycles. The molecular weight excluding hydrogens is 605 g/mol. The first-order valence-corrected chi connectivity index (χ1v) is 23.6. The van der Waals surface area contributed by atoms with Crippen LogP contribution >= 0.6 is 0 Å². The summed E-state index contributed by atoms with van der Waals surface area (Å²) in [6, 6.07) is 10.7. The SMILES string of the molecule is CCCCOc1cc(CC(C)(C)[Si](C)(C)O)c(C/C=C/c2ccc(CC(C)(C)[Si](C)(C)O)c(OCCCC)c2)c(OCCCC)c1. The Kier molecular flexibility index (Phi) is 15.6. The summed E-state index contributed by atoms with van der Waals surface area (Å²) in [6.45, 7) is 25.4. The Morgan fingerprint density at radius 3 is 1.67 bits per heavy atom. The van der Waals surface area contributed by atoms with Crippen molar-refractivity contribution in [3.63, 3.8) is 0 Å². The van der Waals surface area contributed by atoms with Crippen LogP contribution in [-0.4, -0.2) is 46.0 Å². The van der Waals surface area contributed by atoms with E-state index in [1.807, 2.05) is 26.2 Å². The van der Waals surface area contributed by atoms with E-state index in [4.69, 9.17) is 14.2 Å². The standard InChI is InChI=1S/C39H66O5Si2/c1-12-15-23-42-34-27-33(30-39(6,7)46(10,11)41)35(37(28-34)44-25-17-14-3)20-18-19-31-21-22-32(29-38(4,5)45(8,9)40)36(26-31)43-24-16-13-2/h18-19,21-22,26-28,40-41H,12-17,20,23-25,29-30H2,1-11H3/b19-18+. The van der Waals surface area contributed by atoms with E-state index in [1.54, 1.807) is 0 Å². The van der Waals surface area contributed by atoms with E-state index in [2.05, 4.69) is 91.0 Å². The molecule has 0 unspecified atom stereocenters. The van der Waals surface area contributed by atoms with Gasteiger partial charge in [-0.1, -0.05) is 92.0 Å². The van der Waals surface area contributed by atoms with Gasteiger partial charge in [0, 0.05) is 11.6 Å². The molecular formula is C39H66O5Si2. The van der Waals surface area contributed by atoms with E-state index in [0.717, 1.165) is 85.3 Å². The highest BCUT2D eigenvalue weighted by molar-refractivity contribution is 6.73. The number of hydrogen-bond donors (Lipinski definition) is 2. The van der Waals surface area contributed by atoms with Gasteiger partial charge in [-0.25, -0.2) is 0 Å². The van der Waals surface area contributed by atoms with Crippen LogP contribution < -0.4 is 14.2 Å². The number of unbranched alkanes of at least 4 members (excludes halogenated alkanes) is 3. The Morgan fingerprint density at radius 1 is 0.652 bits per heavy atom. The Morgan fingerprint density at radius 2 is 1.15 bits per heavy atom. The molecule has 0 spiro atoms. The van der Waals surface area contributed by atoms with Crippen LogP contribution in [0.3, 0.4) is 0 Å². The second kappa shape index (κ2) is 17.9. The fourth-order valence-corrected chi connectivity index (χ4v) is 6.16. The van der Waals surface area contributed by atoms with Gasteiger partial charge in [0.15, 0.2) is 16.6 Å². The fourth-order valence-electron chi connectivity index (χ4n) is 4.92. The molecule has 5 nitrogen and oxygen atoms in total. The highest BCUT2D eigenvalue weighted by atomic mass is 28.4.